The van der Waals surface area contributed by atoms with Crippen molar-refractivity contribution < 1.29 is 28.5 Å². The van der Waals surface area contributed by atoms with Gasteiger partial charge in [0.25, 0.3) is 5.91 Å². The third-order valence-corrected chi connectivity index (χ3v) is 7.10. The Balaban J connectivity index is 1.45. The minimum Gasteiger partial charge on any atom is -0.493 e. The van der Waals surface area contributed by atoms with E-state index >= 15 is 0 Å². The molecule has 1 amide bonds. The fourth-order valence-corrected chi connectivity index (χ4v) is 4.85. The Morgan fingerprint density at radius 3 is 2.42 bits per heavy atom. The number of rotatable bonds is 13. The van der Waals surface area contributed by atoms with Crippen molar-refractivity contribution in [2.75, 3.05) is 47.1 Å². The van der Waals surface area contributed by atoms with Gasteiger partial charge in [-0.3, -0.25) is 4.79 Å². The zero-order valence-electron chi connectivity index (χ0n) is 23.3. The molecule has 40 heavy (non-hydrogen) atoms. The first-order chi connectivity index (χ1) is 19.7. The van der Waals surface area contributed by atoms with Crippen molar-refractivity contribution in [1.29, 1.82) is 0 Å². The normalized spacial score (nSPS) is 16.8. The van der Waals surface area contributed by atoms with Gasteiger partial charge in [-0.05, 0) is 65.9 Å². The molecule has 1 heterocycles. The monoisotopic (exact) mass is 546 g/mol. The van der Waals surface area contributed by atoms with Crippen LogP contribution in [0.4, 0.5) is 0 Å². The summed E-state index contributed by atoms with van der Waals surface area (Å²) in [5, 5.41) is 3.28. The number of hydrogen-bond donors (Lipinski definition) is 1. The Morgan fingerprint density at radius 1 is 0.975 bits per heavy atom. The number of carbonyl (C=O) groups excluding carboxylic acids is 1. The summed E-state index contributed by atoms with van der Waals surface area (Å²) in [6.45, 7) is 3.42. The van der Waals surface area contributed by atoms with E-state index < -0.39 is 6.10 Å². The third-order valence-electron chi connectivity index (χ3n) is 7.10. The molecule has 212 valence electrons. The second-order valence-electron chi connectivity index (χ2n) is 10.1. The third kappa shape index (κ3) is 7.13. The molecule has 1 saturated heterocycles. The Kier molecular flexibility index (Phi) is 9.54. The van der Waals surface area contributed by atoms with Gasteiger partial charge in [-0.15, -0.1) is 0 Å². The van der Waals surface area contributed by atoms with Crippen LogP contribution >= 0.6 is 0 Å². The molecule has 8 heteroatoms. The summed E-state index contributed by atoms with van der Waals surface area (Å²) in [7, 11) is 3.32. The van der Waals surface area contributed by atoms with E-state index in [1.165, 1.54) is 0 Å². The van der Waals surface area contributed by atoms with Crippen LogP contribution in [0.1, 0.15) is 24.8 Å². The molecular weight excluding hydrogens is 508 g/mol. The first-order valence-corrected chi connectivity index (χ1v) is 13.9. The van der Waals surface area contributed by atoms with Crippen LogP contribution in [0.25, 0.3) is 11.1 Å². The van der Waals surface area contributed by atoms with Gasteiger partial charge in [0, 0.05) is 45.8 Å². The maximum atomic E-state index is 13.6. The summed E-state index contributed by atoms with van der Waals surface area (Å²) in [5.74, 6) is 2.86. The lowest BCUT2D eigenvalue weighted by Gasteiger charge is -2.31. The Labute approximate surface area is 236 Å². The highest BCUT2D eigenvalue weighted by atomic mass is 16.5. The molecule has 0 radical (unpaired) electrons. The molecule has 2 aliphatic rings. The first kappa shape index (κ1) is 28.0. The van der Waals surface area contributed by atoms with E-state index in [1.54, 1.807) is 14.2 Å². The van der Waals surface area contributed by atoms with E-state index in [2.05, 4.69) is 5.32 Å². The Hall–Kier alpha value is -3.59. The van der Waals surface area contributed by atoms with Crippen molar-refractivity contribution in [3.8, 4) is 34.1 Å². The zero-order chi connectivity index (χ0) is 27.7. The molecule has 1 atom stereocenters. The lowest BCUT2D eigenvalue weighted by molar-refractivity contribution is -0.146. The van der Waals surface area contributed by atoms with Crippen molar-refractivity contribution in [2.45, 2.75) is 38.0 Å². The SMILES string of the molecule is COCCCOc1cc(CN(C(=O)[C@H]2CNCCO2)C2CC2)c(-c2ccc(Oc3ccccc3)cc2)cc1OC. The lowest BCUT2D eigenvalue weighted by Crippen LogP contribution is -2.49. The van der Waals surface area contributed by atoms with Crippen LogP contribution < -0.4 is 19.5 Å². The number of nitrogens with one attached hydrogen (secondary N) is 1. The van der Waals surface area contributed by atoms with Gasteiger partial charge in [0.15, 0.2) is 11.5 Å². The van der Waals surface area contributed by atoms with Gasteiger partial charge in [0.05, 0.1) is 20.3 Å². The highest BCUT2D eigenvalue weighted by Crippen LogP contribution is 2.39. The molecule has 3 aromatic carbocycles. The number of nitrogens with zero attached hydrogens (tertiary/aromatic N) is 1. The molecule has 1 saturated carbocycles. The predicted octanol–water partition coefficient (Wildman–Crippen LogP) is 5.05. The van der Waals surface area contributed by atoms with Crippen molar-refractivity contribution in [2.24, 2.45) is 0 Å². The average molecular weight is 547 g/mol. The molecule has 1 aliphatic heterocycles. The van der Waals surface area contributed by atoms with Crippen LogP contribution in [0.2, 0.25) is 0 Å². The molecule has 8 nitrogen and oxygen atoms in total. The zero-order valence-corrected chi connectivity index (χ0v) is 23.3. The molecule has 0 bridgehead atoms. The van der Waals surface area contributed by atoms with Crippen LogP contribution in [0.5, 0.6) is 23.0 Å². The van der Waals surface area contributed by atoms with Crippen molar-refractivity contribution in [3.63, 3.8) is 0 Å². The molecule has 0 unspecified atom stereocenters. The van der Waals surface area contributed by atoms with Crippen LogP contribution in [0.3, 0.4) is 0 Å². The van der Waals surface area contributed by atoms with Crippen molar-refractivity contribution >= 4 is 5.91 Å². The number of hydrogen-bond acceptors (Lipinski definition) is 7. The molecule has 3 aromatic rings. The number of carbonyl (C=O) groups is 1. The molecule has 1 aliphatic carbocycles. The first-order valence-electron chi connectivity index (χ1n) is 13.9. The molecule has 0 aromatic heterocycles. The Bertz CT molecular complexity index is 1240. The summed E-state index contributed by atoms with van der Waals surface area (Å²) >= 11 is 0. The summed E-state index contributed by atoms with van der Waals surface area (Å²) in [5.41, 5.74) is 2.97. The highest BCUT2D eigenvalue weighted by Gasteiger charge is 2.37. The van der Waals surface area contributed by atoms with Crippen LogP contribution in [-0.2, 0) is 20.8 Å². The van der Waals surface area contributed by atoms with Gasteiger partial charge in [-0.25, -0.2) is 0 Å². The fraction of sp³-hybridized carbons (Fsp3) is 0.406. The molecule has 5 rings (SSSR count). The maximum absolute atomic E-state index is 13.6. The van der Waals surface area contributed by atoms with Crippen molar-refractivity contribution in [3.05, 3.63) is 72.3 Å². The van der Waals surface area contributed by atoms with E-state index in [9.17, 15) is 4.79 Å². The summed E-state index contributed by atoms with van der Waals surface area (Å²) in [6.07, 6.45) is 2.31. The van der Waals surface area contributed by atoms with Gasteiger partial charge in [0.2, 0.25) is 0 Å². The second kappa shape index (κ2) is 13.7. The molecule has 2 fully saturated rings. The van der Waals surface area contributed by atoms with Gasteiger partial charge < -0.3 is 33.9 Å². The van der Waals surface area contributed by atoms with E-state index in [0.717, 1.165) is 54.0 Å². The van der Waals surface area contributed by atoms with Gasteiger partial charge >= 0.3 is 0 Å². The predicted molar refractivity (Wildman–Crippen MR) is 153 cm³/mol. The number of ether oxygens (including phenoxy) is 5. The molecule has 1 N–H and O–H groups in total. The number of benzene rings is 3. The van der Waals surface area contributed by atoms with E-state index in [4.69, 9.17) is 23.7 Å². The van der Waals surface area contributed by atoms with Crippen molar-refractivity contribution in [1.82, 2.24) is 10.2 Å². The summed E-state index contributed by atoms with van der Waals surface area (Å²) in [6, 6.07) is 21.9. The smallest absolute Gasteiger partial charge is 0.253 e. The van der Waals surface area contributed by atoms with Gasteiger partial charge in [-0.2, -0.15) is 0 Å². The second-order valence-corrected chi connectivity index (χ2v) is 10.1. The molecule has 0 spiro atoms. The van der Waals surface area contributed by atoms with Crippen LogP contribution in [0, 0.1) is 0 Å². The minimum atomic E-state index is -0.463. The number of methoxy groups -OCH3 is 2. The largest absolute Gasteiger partial charge is 0.493 e. The Morgan fingerprint density at radius 2 is 1.75 bits per heavy atom. The average Bonchev–Trinajstić information content (AvgIpc) is 3.85. The molecular formula is C32H38N2O6. The standard InChI is InChI=1S/C32H38N2O6/c1-36-16-6-17-38-30-19-24(22-34(25-11-12-25)32(35)31-21-33-15-18-39-31)28(20-29(30)37-2)23-9-13-27(14-10-23)40-26-7-4-3-5-8-26/h3-5,7-10,13-14,19-20,25,31,33H,6,11-12,15-18,21-22H2,1-2H3/t31-/m1/s1. The van der Waals surface area contributed by atoms with Crippen LogP contribution in [0.15, 0.2) is 66.7 Å². The highest BCUT2D eigenvalue weighted by molar-refractivity contribution is 5.82. The lowest BCUT2D eigenvalue weighted by atomic mass is 9.97. The summed E-state index contributed by atoms with van der Waals surface area (Å²) < 4.78 is 28.9. The number of morpholine rings is 1. The minimum absolute atomic E-state index is 0.0330. The van der Waals surface area contributed by atoms with Gasteiger partial charge in [-0.1, -0.05) is 30.3 Å². The number of para-hydroxylation sites is 1. The van der Waals surface area contributed by atoms with Gasteiger partial charge in [0.1, 0.15) is 17.6 Å². The quantitative estimate of drug-likeness (QED) is 0.301. The summed E-state index contributed by atoms with van der Waals surface area (Å²) in [4.78, 5) is 15.6. The van der Waals surface area contributed by atoms with E-state index in [1.807, 2.05) is 71.6 Å². The number of amides is 1. The van der Waals surface area contributed by atoms with Crippen LogP contribution in [-0.4, -0.2) is 70.1 Å². The maximum Gasteiger partial charge on any atom is 0.253 e. The van der Waals surface area contributed by atoms with E-state index in [0.29, 0.717) is 44.4 Å². The fourth-order valence-electron chi connectivity index (χ4n) is 4.85. The topological polar surface area (TPSA) is 78.5 Å². The van der Waals surface area contributed by atoms with E-state index in [-0.39, 0.29) is 11.9 Å².